The van der Waals surface area contributed by atoms with Crippen LogP contribution in [0.15, 0.2) is 12.4 Å². The van der Waals surface area contributed by atoms with Gasteiger partial charge in [0, 0.05) is 12.7 Å². The first-order valence-electron chi connectivity index (χ1n) is 4.22. The van der Waals surface area contributed by atoms with Crippen molar-refractivity contribution >= 4 is 11.6 Å². The molecule has 0 bridgehead atoms. The minimum atomic E-state index is -0.495. The minimum absolute atomic E-state index is 0.198. The molecule has 1 aromatic heterocycles. The van der Waals surface area contributed by atoms with Gasteiger partial charge in [-0.15, -0.1) is 0 Å². The lowest BCUT2D eigenvalue weighted by Gasteiger charge is -2.03. The van der Waals surface area contributed by atoms with Crippen molar-refractivity contribution < 1.29 is 4.79 Å². The van der Waals surface area contributed by atoms with E-state index in [1.165, 1.54) is 0 Å². The van der Waals surface area contributed by atoms with Gasteiger partial charge in [-0.1, -0.05) is 0 Å². The summed E-state index contributed by atoms with van der Waals surface area (Å²) >= 11 is 0. The first-order chi connectivity index (χ1) is 6.13. The lowest BCUT2D eigenvalue weighted by molar-refractivity contribution is -0.117. The van der Waals surface area contributed by atoms with Crippen molar-refractivity contribution in [3.05, 3.63) is 12.4 Å². The molecule has 5 nitrogen and oxygen atoms in total. The van der Waals surface area contributed by atoms with Crippen molar-refractivity contribution in [2.24, 2.45) is 5.73 Å². The van der Waals surface area contributed by atoms with Crippen LogP contribution in [0.25, 0.3) is 0 Å². The first kappa shape index (κ1) is 9.73. The summed E-state index contributed by atoms with van der Waals surface area (Å²) in [5.41, 5.74) is 6.07. The summed E-state index contributed by atoms with van der Waals surface area (Å²) in [6.07, 6.45) is 3.37. The van der Waals surface area contributed by atoms with Gasteiger partial charge in [-0.05, 0) is 13.8 Å². The normalized spacial score (nSPS) is 12.5. The molecule has 3 N–H and O–H groups in total. The van der Waals surface area contributed by atoms with Crippen LogP contribution in [0.1, 0.15) is 13.8 Å². The van der Waals surface area contributed by atoms with Gasteiger partial charge in [0.15, 0.2) is 0 Å². The summed E-state index contributed by atoms with van der Waals surface area (Å²) < 4.78 is 1.73. The molecule has 0 radical (unpaired) electrons. The second-order valence-corrected chi connectivity index (χ2v) is 2.86. The highest BCUT2D eigenvalue weighted by molar-refractivity contribution is 5.94. The van der Waals surface area contributed by atoms with Crippen LogP contribution in [0.5, 0.6) is 0 Å². The summed E-state index contributed by atoms with van der Waals surface area (Å²) in [6.45, 7) is 4.40. The van der Waals surface area contributed by atoms with Crippen molar-refractivity contribution in [3.63, 3.8) is 0 Å². The monoisotopic (exact) mass is 182 g/mol. The van der Waals surface area contributed by atoms with Crippen LogP contribution in [-0.4, -0.2) is 21.7 Å². The Morgan fingerprint density at radius 1 is 1.85 bits per heavy atom. The Hall–Kier alpha value is -1.36. The molecule has 0 aliphatic heterocycles. The van der Waals surface area contributed by atoms with E-state index in [9.17, 15) is 4.79 Å². The largest absolute Gasteiger partial charge is 0.322 e. The molecule has 1 heterocycles. The van der Waals surface area contributed by atoms with Crippen LogP contribution in [0.4, 0.5) is 5.69 Å². The summed E-state index contributed by atoms with van der Waals surface area (Å²) in [5.74, 6) is -0.198. The van der Waals surface area contributed by atoms with E-state index in [0.29, 0.717) is 5.69 Å². The van der Waals surface area contributed by atoms with Crippen LogP contribution in [0, 0.1) is 0 Å². The maximum atomic E-state index is 11.1. The zero-order valence-corrected chi connectivity index (χ0v) is 7.82. The molecule has 1 atom stereocenters. The number of amides is 1. The minimum Gasteiger partial charge on any atom is -0.322 e. The van der Waals surface area contributed by atoms with Crippen LogP contribution < -0.4 is 11.1 Å². The molecule has 5 heteroatoms. The molecule has 0 spiro atoms. The van der Waals surface area contributed by atoms with Gasteiger partial charge in [0.2, 0.25) is 5.91 Å². The van der Waals surface area contributed by atoms with E-state index < -0.39 is 6.04 Å². The van der Waals surface area contributed by atoms with Gasteiger partial charge in [-0.2, -0.15) is 5.10 Å². The van der Waals surface area contributed by atoms with Crippen molar-refractivity contribution in [2.75, 3.05) is 5.32 Å². The second kappa shape index (κ2) is 4.04. The number of nitrogens with zero attached hydrogens (tertiary/aromatic N) is 2. The summed E-state index contributed by atoms with van der Waals surface area (Å²) in [6, 6.07) is -0.495. The Labute approximate surface area is 76.9 Å². The fraction of sp³-hybridized carbons (Fsp3) is 0.500. The smallest absolute Gasteiger partial charge is 0.241 e. The Morgan fingerprint density at radius 3 is 3.00 bits per heavy atom. The fourth-order valence-electron chi connectivity index (χ4n) is 0.857. The number of hydrogen-bond acceptors (Lipinski definition) is 3. The maximum Gasteiger partial charge on any atom is 0.241 e. The number of carbonyl (C=O) groups is 1. The summed E-state index contributed by atoms with van der Waals surface area (Å²) in [7, 11) is 0. The quantitative estimate of drug-likeness (QED) is 0.700. The molecule has 1 aromatic rings. The Morgan fingerprint density at radius 2 is 2.54 bits per heavy atom. The Balaban J connectivity index is 2.59. The predicted octanol–water partition coefficient (Wildman–Crippen LogP) is 0.189. The SMILES string of the molecule is CCn1cc(NC(=O)C(C)N)cn1. The highest BCUT2D eigenvalue weighted by atomic mass is 16.2. The second-order valence-electron chi connectivity index (χ2n) is 2.86. The molecule has 0 aliphatic rings. The third-order valence-corrected chi connectivity index (χ3v) is 1.64. The molecule has 0 aliphatic carbocycles. The molecule has 0 fully saturated rings. The van der Waals surface area contributed by atoms with Gasteiger partial charge < -0.3 is 11.1 Å². The average Bonchev–Trinajstić information content (AvgIpc) is 2.52. The molecule has 13 heavy (non-hydrogen) atoms. The highest BCUT2D eigenvalue weighted by Gasteiger charge is 2.07. The molecule has 0 saturated heterocycles. The van der Waals surface area contributed by atoms with Crippen LogP contribution in [0.2, 0.25) is 0 Å². The van der Waals surface area contributed by atoms with Gasteiger partial charge in [0.1, 0.15) is 0 Å². The molecular formula is C8H14N4O. The summed E-state index contributed by atoms with van der Waals surface area (Å²) in [4.78, 5) is 11.1. The first-order valence-corrected chi connectivity index (χ1v) is 4.22. The molecule has 72 valence electrons. The van der Waals surface area contributed by atoms with E-state index in [1.807, 2.05) is 6.92 Å². The third-order valence-electron chi connectivity index (χ3n) is 1.64. The Kier molecular flexibility index (Phi) is 3.02. The number of aryl methyl sites for hydroxylation is 1. The van der Waals surface area contributed by atoms with E-state index in [1.54, 1.807) is 24.0 Å². The number of nitrogens with one attached hydrogen (secondary N) is 1. The predicted molar refractivity (Wildman–Crippen MR) is 50.2 cm³/mol. The average molecular weight is 182 g/mol. The third kappa shape index (κ3) is 2.55. The van der Waals surface area contributed by atoms with Gasteiger partial charge in [0.25, 0.3) is 0 Å². The highest BCUT2D eigenvalue weighted by Crippen LogP contribution is 2.04. The van der Waals surface area contributed by atoms with Gasteiger partial charge >= 0.3 is 0 Å². The zero-order chi connectivity index (χ0) is 9.84. The number of carbonyl (C=O) groups excluding carboxylic acids is 1. The van der Waals surface area contributed by atoms with Crippen molar-refractivity contribution in [3.8, 4) is 0 Å². The van der Waals surface area contributed by atoms with Crippen molar-refractivity contribution in [1.82, 2.24) is 9.78 Å². The zero-order valence-electron chi connectivity index (χ0n) is 7.82. The topological polar surface area (TPSA) is 72.9 Å². The number of rotatable bonds is 3. The standard InChI is InChI=1S/C8H14N4O/c1-3-12-5-7(4-10-12)11-8(13)6(2)9/h4-6H,3,9H2,1-2H3,(H,11,13). The number of anilines is 1. The summed E-state index contributed by atoms with van der Waals surface area (Å²) in [5, 5.41) is 6.66. The lowest BCUT2D eigenvalue weighted by Crippen LogP contribution is -2.32. The number of hydrogen-bond donors (Lipinski definition) is 2. The van der Waals surface area contributed by atoms with Crippen LogP contribution >= 0.6 is 0 Å². The van der Waals surface area contributed by atoms with E-state index in [0.717, 1.165) is 6.54 Å². The maximum absolute atomic E-state index is 11.1. The van der Waals surface area contributed by atoms with E-state index in [4.69, 9.17) is 5.73 Å². The molecule has 0 saturated carbocycles. The lowest BCUT2D eigenvalue weighted by atomic mass is 10.3. The van der Waals surface area contributed by atoms with Crippen molar-refractivity contribution in [2.45, 2.75) is 26.4 Å². The van der Waals surface area contributed by atoms with E-state index in [2.05, 4.69) is 10.4 Å². The molecule has 1 rings (SSSR count). The van der Waals surface area contributed by atoms with Gasteiger partial charge in [-0.3, -0.25) is 9.48 Å². The van der Waals surface area contributed by atoms with E-state index in [-0.39, 0.29) is 5.91 Å². The molecule has 1 unspecified atom stereocenters. The van der Waals surface area contributed by atoms with Crippen molar-refractivity contribution in [1.29, 1.82) is 0 Å². The van der Waals surface area contributed by atoms with Crippen LogP contribution in [-0.2, 0) is 11.3 Å². The van der Waals surface area contributed by atoms with Gasteiger partial charge in [-0.25, -0.2) is 0 Å². The molecular weight excluding hydrogens is 168 g/mol. The van der Waals surface area contributed by atoms with Crippen LogP contribution in [0.3, 0.4) is 0 Å². The van der Waals surface area contributed by atoms with Gasteiger partial charge in [0.05, 0.1) is 17.9 Å². The molecule has 0 aromatic carbocycles. The van der Waals surface area contributed by atoms with E-state index >= 15 is 0 Å². The number of nitrogens with two attached hydrogens (primary N) is 1. The molecule has 1 amide bonds. The fourth-order valence-corrected chi connectivity index (χ4v) is 0.857. The number of aromatic nitrogens is 2. The Bertz CT molecular complexity index is 292.